The fourth-order valence-electron chi connectivity index (χ4n) is 1.68. The minimum Gasteiger partial charge on any atom is -0.433 e. The van der Waals surface area contributed by atoms with Crippen LogP contribution in [0.1, 0.15) is 11.3 Å². The smallest absolute Gasteiger partial charge is 0.387 e. The molecule has 2 aromatic rings. The number of hydrogen-bond donors (Lipinski definition) is 1. The van der Waals surface area contributed by atoms with E-state index >= 15 is 0 Å². The van der Waals surface area contributed by atoms with E-state index < -0.39 is 6.61 Å². The average Bonchev–Trinajstić information content (AvgIpc) is 2.46. The van der Waals surface area contributed by atoms with Crippen LogP contribution >= 0.6 is 0 Å². The number of benzene rings is 1. The number of alkyl halides is 2. The number of halogens is 2. The fourth-order valence-corrected chi connectivity index (χ4v) is 1.68. The van der Waals surface area contributed by atoms with E-state index in [-0.39, 0.29) is 5.75 Å². The number of nitrogens with zero attached hydrogens (tertiary/aromatic N) is 2. The number of para-hydroxylation sites is 2. The van der Waals surface area contributed by atoms with Crippen LogP contribution in [0.5, 0.6) is 5.75 Å². The first kappa shape index (κ1) is 13.7. The van der Waals surface area contributed by atoms with Gasteiger partial charge in [0, 0.05) is 18.3 Å². The molecule has 2 rings (SSSR count). The zero-order chi connectivity index (χ0) is 14.4. The summed E-state index contributed by atoms with van der Waals surface area (Å²) in [6, 6.07) is 11.8. The third-order valence-corrected chi connectivity index (χ3v) is 2.57. The highest BCUT2D eigenvalue weighted by Crippen LogP contribution is 2.26. The minimum atomic E-state index is -2.88. The van der Waals surface area contributed by atoms with E-state index in [4.69, 9.17) is 5.26 Å². The number of hydrogen-bond acceptors (Lipinski definition) is 4. The summed E-state index contributed by atoms with van der Waals surface area (Å²) in [5.41, 5.74) is 1.41. The molecular formula is C14H11F2N3O. The van der Waals surface area contributed by atoms with Gasteiger partial charge < -0.3 is 10.1 Å². The van der Waals surface area contributed by atoms with Crippen molar-refractivity contribution in [1.82, 2.24) is 4.98 Å². The molecule has 6 heteroatoms. The summed E-state index contributed by atoms with van der Waals surface area (Å²) in [5, 5.41) is 11.9. The van der Waals surface area contributed by atoms with Crippen LogP contribution < -0.4 is 10.1 Å². The Kier molecular flexibility index (Phi) is 4.45. The minimum absolute atomic E-state index is 0.0601. The lowest BCUT2D eigenvalue weighted by Crippen LogP contribution is -2.07. The molecule has 20 heavy (non-hydrogen) atoms. The Morgan fingerprint density at radius 3 is 2.80 bits per heavy atom. The van der Waals surface area contributed by atoms with Crippen LogP contribution in [-0.4, -0.2) is 11.6 Å². The van der Waals surface area contributed by atoms with Crippen LogP contribution in [0, 0.1) is 11.3 Å². The second kappa shape index (κ2) is 6.48. The van der Waals surface area contributed by atoms with Crippen molar-refractivity contribution >= 4 is 5.69 Å². The average molecular weight is 275 g/mol. The molecule has 4 nitrogen and oxygen atoms in total. The molecule has 1 N–H and O–H groups in total. The summed E-state index contributed by atoms with van der Waals surface area (Å²) in [6.45, 7) is -2.59. The van der Waals surface area contributed by atoms with Crippen LogP contribution in [0.25, 0.3) is 0 Å². The monoisotopic (exact) mass is 275 g/mol. The Labute approximate surface area is 114 Å². The Hall–Kier alpha value is -2.68. The van der Waals surface area contributed by atoms with E-state index in [0.717, 1.165) is 0 Å². The SMILES string of the molecule is N#Cc1ncccc1CNc1ccccc1OC(F)F. The quantitative estimate of drug-likeness (QED) is 0.910. The lowest BCUT2D eigenvalue weighted by Gasteiger charge is -2.12. The second-order valence-corrected chi connectivity index (χ2v) is 3.85. The molecule has 0 aliphatic heterocycles. The molecule has 0 fully saturated rings. The van der Waals surface area contributed by atoms with E-state index in [0.29, 0.717) is 23.5 Å². The maximum absolute atomic E-state index is 12.3. The van der Waals surface area contributed by atoms with E-state index in [9.17, 15) is 8.78 Å². The first-order valence-corrected chi connectivity index (χ1v) is 5.82. The highest BCUT2D eigenvalue weighted by atomic mass is 19.3. The molecule has 0 amide bonds. The molecule has 102 valence electrons. The van der Waals surface area contributed by atoms with Crippen molar-refractivity contribution in [3.8, 4) is 11.8 Å². The van der Waals surface area contributed by atoms with Gasteiger partial charge in [-0.3, -0.25) is 0 Å². The molecule has 0 atom stereocenters. The predicted molar refractivity (Wildman–Crippen MR) is 69.4 cm³/mol. The van der Waals surface area contributed by atoms with Crippen LogP contribution in [0.4, 0.5) is 14.5 Å². The first-order valence-electron chi connectivity index (χ1n) is 5.82. The molecule has 1 aromatic carbocycles. The normalized spacial score (nSPS) is 10.1. The van der Waals surface area contributed by atoms with Gasteiger partial charge in [-0.1, -0.05) is 18.2 Å². The number of anilines is 1. The van der Waals surface area contributed by atoms with Crippen LogP contribution in [0.3, 0.4) is 0 Å². The standard InChI is InChI=1S/C14H11F2N3O/c15-14(16)20-13-6-2-1-5-11(13)19-9-10-4-3-7-18-12(10)8-17/h1-7,14,19H,9H2. The third-order valence-electron chi connectivity index (χ3n) is 2.57. The van der Waals surface area contributed by atoms with Crippen molar-refractivity contribution in [3.05, 3.63) is 53.9 Å². The van der Waals surface area contributed by atoms with Gasteiger partial charge >= 0.3 is 6.61 Å². The molecule has 0 saturated carbocycles. The van der Waals surface area contributed by atoms with Gasteiger partial charge in [0.15, 0.2) is 0 Å². The molecular weight excluding hydrogens is 264 g/mol. The largest absolute Gasteiger partial charge is 0.433 e. The predicted octanol–water partition coefficient (Wildman–Crippen LogP) is 3.17. The van der Waals surface area contributed by atoms with Crippen molar-refractivity contribution in [2.24, 2.45) is 0 Å². The molecule has 1 aromatic heterocycles. The summed E-state index contributed by atoms with van der Waals surface area (Å²) >= 11 is 0. The zero-order valence-corrected chi connectivity index (χ0v) is 10.4. The van der Waals surface area contributed by atoms with Gasteiger partial charge in [0.2, 0.25) is 0 Å². The van der Waals surface area contributed by atoms with Gasteiger partial charge in [-0.25, -0.2) is 4.98 Å². The van der Waals surface area contributed by atoms with Crippen LogP contribution in [0.2, 0.25) is 0 Å². The highest BCUT2D eigenvalue weighted by Gasteiger charge is 2.09. The number of nitriles is 1. The van der Waals surface area contributed by atoms with E-state index in [1.165, 1.54) is 12.3 Å². The molecule has 1 heterocycles. The van der Waals surface area contributed by atoms with Crippen molar-refractivity contribution in [1.29, 1.82) is 5.26 Å². The number of rotatable bonds is 5. The summed E-state index contributed by atoms with van der Waals surface area (Å²) in [7, 11) is 0. The zero-order valence-electron chi connectivity index (χ0n) is 10.4. The van der Waals surface area contributed by atoms with Crippen molar-refractivity contribution < 1.29 is 13.5 Å². The van der Waals surface area contributed by atoms with Gasteiger partial charge in [-0.15, -0.1) is 0 Å². The summed E-state index contributed by atoms with van der Waals surface area (Å²) < 4.78 is 29.0. The summed E-state index contributed by atoms with van der Waals surface area (Å²) in [4.78, 5) is 3.93. The summed E-state index contributed by atoms with van der Waals surface area (Å²) in [6.07, 6.45) is 1.52. The maximum Gasteiger partial charge on any atom is 0.387 e. The molecule has 0 aliphatic carbocycles. The van der Waals surface area contributed by atoms with Crippen molar-refractivity contribution in [2.75, 3.05) is 5.32 Å². The number of pyridine rings is 1. The lowest BCUT2D eigenvalue weighted by molar-refractivity contribution is -0.0493. The highest BCUT2D eigenvalue weighted by molar-refractivity contribution is 5.56. The van der Waals surface area contributed by atoms with Crippen molar-refractivity contribution in [2.45, 2.75) is 13.2 Å². The van der Waals surface area contributed by atoms with E-state index in [2.05, 4.69) is 15.0 Å². The Bertz CT molecular complexity index is 626. The topological polar surface area (TPSA) is 57.9 Å². The number of aromatic nitrogens is 1. The Morgan fingerprint density at radius 1 is 1.25 bits per heavy atom. The van der Waals surface area contributed by atoms with E-state index in [1.54, 1.807) is 30.3 Å². The van der Waals surface area contributed by atoms with Crippen LogP contribution in [0.15, 0.2) is 42.6 Å². The van der Waals surface area contributed by atoms with Gasteiger partial charge in [0.25, 0.3) is 0 Å². The molecule has 0 saturated heterocycles. The van der Waals surface area contributed by atoms with Gasteiger partial charge in [-0.2, -0.15) is 14.0 Å². The molecule has 0 aliphatic rings. The number of nitrogens with one attached hydrogen (secondary N) is 1. The summed E-state index contributed by atoms with van der Waals surface area (Å²) in [5.74, 6) is 0.0601. The molecule has 0 unspecified atom stereocenters. The van der Waals surface area contributed by atoms with Gasteiger partial charge in [0.1, 0.15) is 17.5 Å². The molecule has 0 radical (unpaired) electrons. The Balaban J connectivity index is 2.13. The van der Waals surface area contributed by atoms with E-state index in [1.807, 2.05) is 6.07 Å². The second-order valence-electron chi connectivity index (χ2n) is 3.85. The van der Waals surface area contributed by atoms with Gasteiger partial charge in [-0.05, 0) is 18.2 Å². The third kappa shape index (κ3) is 3.42. The first-order chi connectivity index (χ1) is 9.70. The van der Waals surface area contributed by atoms with Gasteiger partial charge in [0.05, 0.1) is 5.69 Å². The number of ether oxygens (including phenoxy) is 1. The molecule has 0 spiro atoms. The Morgan fingerprint density at radius 2 is 2.05 bits per heavy atom. The van der Waals surface area contributed by atoms with Crippen LogP contribution in [-0.2, 0) is 6.54 Å². The fraction of sp³-hybridized carbons (Fsp3) is 0.143. The lowest BCUT2D eigenvalue weighted by atomic mass is 10.2. The maximum atomic E-state index is 12.3. The molecule has 0 bridgehead atoms. The van der Waals surface area contributed by atoms with Crippen molar-refractivity contribution in [3.63, 3.8) is 0 Å².